The van der Waals surface area contributed by atoms with Gasteiger partial charge < -0.3 is 4.74 Å². The number of rotatable bonds is 6. The summed E-state index contributed by atoms with van der Waals surface area (Å²) in [5, 5.41) is 9.72. The highest BCUT2D eigenvalue weighted by atomic mass is 32.1. The Bertz CT molecular complexity index is 489. The standard InChI is InChI=1S/C13H19N3O3S/c1-3-4-5-6-10-14-15-13(20-10)16-8-9(7-11(16)17)12(18)19-2/h9H,3-8H2,1-2H3. The van der Waals surface area contributed by atoms with Gasteiger partial charge in [0, 0.05) is 19.4 Å². The molecule has 1 aromatic heterocycles. The quantitative estimate of drug-likeness (QED) is 0.591. The summed E-state index contributed by atoms with van der Waals surface area (Å²) in [6.07, 6.45) is 4.51. The second-order valence-corrected chi connectivity index (χ2v) is 5.90. The number of hydrogen-bond acceptors (Lipinski definition) is 6. The number of unbranched alkanes of at least 4 members (excludes halogenated alkanes) is 2. The summed E-state index contributed by atoms with van der Waals surface area (Å²) in [6.45, 7) is 2.50. The van der Waals surface area contributed by atoms with Gasteiger partial charge in [0.25, 0.3) is 0 Å². The van der Waals surface area contributed by atoms with Gasteiger partial charge in [-0.15, -0.1) is 10.2 Å². The number of nitrogens with zero attached hydrogens (tertiary/aromatic N) is 3. The van der Waals surface area contributed by atoms with E-state index in [1.54, 1.807) is 4.90 Å². The second-order valence-electron chi connectivity index (χ2n) is 4.86. The van der Waals surface area contributed by atoms with Crippen LogP contribution in [-0.2, 0) is 20.7 Å². The van der Waals surface area contributed by atoms with E-state index in [1.807, 2.05) is 0 Å². The summed E-state index contributed by atoms with van der Waals surface area (Å²) < 4.78 is 4.69. The topological polar surface area (TPSA) is 72.4 Å². The molecule has 1 aromatic rings. The van der Waals surface area contributed by atoms with Crippen molar-refractivity contribution in [2.75, 3.05) is 18.6 Å². The molecular weight excluding hydrogens is 278 g/mol. The van der Waals surface area contributed by atoms with E-state index in [0.29, 0.717) is 11.7 Å². The number of esters is 1. The summed E-state index contributed by atoms with van der Waals surface area (Å²) in [6, 6.07) is 0. The Morgan fingerprint density at radius 1 is 1.45 bits per heavy atom. The number of methoxy groups -OCH3 is 1. The molecule has 110 valence electrons. The third kappa shape index (κ3) is 3.33. The number of carbonyl (C=O) groups is 2. The van der Waals surface area contributed by atoms with Crippen molar-refractivity contribution < 1.29 is 14.3 Å². The molecule has 1 saturated heterocycles. The number of ether oxygens (including phenoxy) is 1. The first kappa shape index (κ1) is 14.9. The average Bonchev–Trinajstić information content (AvgIpc) is 3.05. The van der Waals surface area contributed by atoms with Crippen molar-refractivity contribution in [3.63, 3.8) is 0 Å². The van der Waals surface area contributed by atoms with Crippen LogP contribution in [0.5, 0.6) is 0 Å². The van der Waals surface area contributed by atoms with E-state index < -0.39 is 0 Å². The van der Waals surface area contributed by atoms with Crippen molar-refractivity contribution in [3.8, 4) is 0 Å². The molecule has 0 radical (unpaired) electrons. The number of aryl methyl sites for hydroxylation is 1. The molecule has 1 fully saturated rings. The lowest BCUT2D eigenvalue weighted by atomic mass is 10.1. The second kappa shape index (κ2) is 6.78. The van der Waals surface area contributed by atoms with E-state index in [9.17, 15) is 9.59 Å². The maximum atomic E-state index is 11.9. The summed E-state index contributed by atoms with van der Waals surface area (Å²) in [5.41, 5.74) is 0. The summed E-state index contributed by atoms with van der Waals surface area (Å²) in [5.74, 6) is -0.815. The van der Waals surface area contributed by atoms with E-state index >= 15 is 0 Å². The lowest BCUT2D eigenvalue weighted by molar-refractivity contribution is -0.145. The third-order valence-electron chi connectivity index (χ3n) is 3.34. The van der Waals surface area contributed by atoms with Crippen LogP contribution in [0.2, 0.25) is 0 Å². The molecule has 1 aliphatic rings. The predicted molar refractivity (Wildman–Crippen MR) is 75.6 cm³/mol. The zero-order valence-corrected chi connectivity index (χ0v) is 12.6. The summed E-state index contributed by atoms with van der Waals surface area (Å²) in [4.78, 5) is 25.0. The van der Waals surface area contributed by atoms with Crippen molar-refractivity contribution in [2.24, 2.45) is 5.92 Å². The molecule has 20 heavy (non-hydrogen) atoms. The third-order valence-corrected chi connectivity index (χ3v) is 4.35. The minimum absolute atomic E-state index is 0.0864. The summed E-state index contributed by atoms with van der Waals surface area (Å²) in [7, 11) is 1.34. The minimum Gasteiger partial charge on any atom is -0.469 e. The van der Waals surface area contributed by atoms with Crippen LogP contribution < -0.4 is 4.90 Å². The Morgan fingerprint density at radius 2 is 2.25 bits per heavy atom. The normalized spacial score (nSPS) is 18.6. The fraction of sp³-hybridized carbons (Fsp3) is 0.692. The number of anilines is 1. The Kier molecular flexibility index (Phi) is 5.05. The highest BCUT2D eigenvalue weighted by Gasteiger charge is 2.37. The molecule has 1 amide bonds. The smallest absolute Gasteiger partial charge is 0.311 e. The van der Waals surface area contributed by atoms with E-state index in [0.717, 1.165) is 24.3 Å². The molecule has 0 bridgehead atoms. The van der Waals surface area contributed by atoms with Gasteiger partial charge in [-0.1, -0.05) is 31.1 Å². The van der Waals surface area contributed by atoms with Gasteiger partial charge in [-0.05, 0) is 6.42 Å². The van der Waals surface area contributed by atoms with Gasteiger partial charge in [0.2, 0.25) is 11.0 Å². The maximum absolute atomic E-state index is 11.9. The first-order valence-electron chi connectivity index (χ1n) is 6.86. The molecule has 1 atom stereocenters. The predicted octanol–water partition coefficient (Wildman–Crippen LogP) is 1.80. The highest BCUT2D eigenvalue weighted by Crippen LogP contribution is 2.28. The van der Waals surface area contributed by atoms with Gasteiger partial charge in [-0.2, -0.15) is 0 Å². The minimum atomic E-state index is -0.389. The highest BCUT2D eigenvalue weighted by molar-refractivity contribution is 7.15. The van der Waals surface area contributed by atoms with Crippen LogP contribution in [0.15, 0.2) is 0 Å². The molecular formula is C13H19N3O3S. The molecule has 0 spiro atoms. The fourth-order valence-electron chi connectivity index (χ4n) is 2.20. The fourth-order valence-corrected chi connectivity index (χ4v) is 3.11. The largest absolute Gasteiger partial charge is 0.469 e. The van der Waals surface area contributed by atoms with E-state index in [4.69, 9.17) is 0 Å². The Balaban J connectivity index is 1.98. The van der Waals surface area contributed by atoms with Crippen molar-refractivity contribution in [2.45, 2.75) is 39.0 Å². The van der Waals surface area contributed by atoms with Gasteiger partial charge in [0.05, 0.1) is 13.0 Å². The van der Waals surface area contributed by atoms with Gasteiger partial charge in [-0.25, -0.2) is 0 Å². The number of hydrogen-bond donors (Lipinski definition) is 0. The van der Waals surface area contributed by atoms with E-state index in [1.165, 1.54) is 24.9 Å². The summed E-state index contributed by atoms with van der Waals surface area (Å²) >= 11 is 1.44. The van der Waals surface area contributed by atoms with Gasteiger partial charge in [0.1, 0.15) is 5.01 Å². The molecule has 6 nitrogen and oxygen atoms in total. The van der Waals surface area contributed by atoms with E-state index in [-0.39, 0.29) is 24.2 Å². The van der Waals surface area contributed by atoms with Crippen LogP contribution >= 0.6 is 11.3 Å². The molecule has 1 unspecified atom stereocenters. The number of carbonyl (C=O) groups excluding carboxylic acids is 2. The first-order valence-corrected chi connectivity index (χ1v) is 7.68. The van der Waals surface area contributed by atoms with Crippen LogP contribution in [0.25, 0.3) is 0 Å². The van der Waals surface area contributed by atoms with Crippen molar-refractivity contribution >= 4 is 28.3 Å². The van der Waals surface area contributed by atoms with Crippen LogP contribution in [0.1, 0.15) is 37.6 Å². The molecule has 7 heteroatoms. The number of aromatic nitrogens is 2. The van der Waals surface area contributed by atoms with Gasteiger partial charge in [0.15, 0.2) is 0 Å². The molecule has 2 heterocycles. The zero-order chi connectivity index (χ0) is 14.5. The van der Waals surface area contributed by atoms with Crippen LogP contribution in [0.4, 0.5) is 5.13 Å². The van der Waals surface area contributed by atoms with E-state index in [2.05, 4.69) is 21.9 Å². The van der Waals surface area contributed by atoms with Crippen LogP contribution in [0.3, 0.4) is 0 Å². The Hall–Kier alpha value is -1.50. The molecule has 0 aromatic carbocycles. The average molecular weight is 297 g/mol. The lowest BCUT2D eigenvalue weighted by Gasteiger charge is -2.11. The first-order chi connectivity index (χ1) is 9.65. The van der Waals surface area contributed by atoms with Crippen molar-refractivity contribution in [3.05, 3.63) is 5.01 Å². The van der Waals surface area contributed by atoms with Gasteiger partial charge in [-0.3, -0.25) is 14.5 Å². The molecule has 0 aliphatic carbocycles. The monoisotopic (exact) mass is 297 g/mol. The van der Waals surface area contributed by atoms with Crippen molar-refractivity contribution in [1.29, 1.82) is 0 Å². The van der Waals surface area contributed by atoms with Gasteiger partial charge >= 0.3 is 5.97 Å². The lowest BCUT2D eigenvalue weighted by Crippen LogP contribution is -2.26. The SMILES string of the molecule is CCCCCc1nnc(N2CC(C(=O)OC)CC2=O)s1. The van der Waals surface area contributed by atoms with Crippen LogP contribution in [0, 0.1) is 5.92 Å². The maximum Gasteiger partial charge on any atom is 0.311 e. The molecule has 2 rings (SSSR count). The Labute approximate surface area is 122 Å². The van der Waals surface area contributed by atoms with Crippen LogP contribution in [-0.4, -0.2) is 35.7 Å². The Morgan fingerprint density at radius 3 is 2.95 bits per heavy atom. The van der Waals surface area contributed by atoms with Crippen molar-refractivity contribution in [1.82, 2.24) is 10.2 Å². The number of amides is 1. The molecule has 0 saturated carbocycles. The molecule has 1 aliphatic heterocycles. The zero-order valence-electron chi connectivity index (χ0n) is 11.8. The molecule has 0 N–H and O–H groups in total.